The van der Waals surface area contributed by atoms with Crippen molar-refractivity contribution in [3.63, 3.8) is 0 Å². The summed E-state index contributed by atoms with van der Waals surface area (Å²) in [5, 5.41) is 21.5. The first-order valence-electron chi connectivity index (χ1n) is 4.86. The van der Waals surface area contributed by atoms with Gasteiger partial charge in [0.1, 0.15) is 5.82 Å². The number of nitrogen functional groups attached to an aromatic ring is 1. The molecule has 8 nitrogen and oxygen atoms in total. The number of rotatable bonds is 5. The number of aliphatic hydroxyl groups is 1. The molecule has 0 saturated carbocycles. The van der Waals surface area contributed by atoms with Gasteiger partial charge in [-0.2, -0.15) is 13.2 Å². The third-order valence-electron chi connectivity index (χ3n) is 2.06. The minimum atomic E-state index is -4.83. The number of nitrogens with one attached hydrogen (secondary N) is 2. The number of alkyl halides is 3. The minimum absolute atomic E-state index is 0.0228. The van der Waals surface area contributed by atoms with Crippen LogP contribution in [0.15, 0.2) is 12.1 Å². The van der Waals surface area contributed by atoms with Crippen molar-refractivity contribution in [1.82, 2.24) is 4.98 Å². The van der Waals surface area contributed by atoms with Gasteiger partial charge in [-0.3, -0.25) is 10.1 Å². The molecule has 1 unspecified atom stereocenters. The molecule has 0 saturated heterocycles. The number of pyridine rings is 1. The number of halogens is 3. The molecular formula is C8H10F3N5O3. The molecule has 0 aliphatic carbocycles. The molecule has 0 radical (unpaired) electrons. The van der Waals surface area contributed by atoms with Crippen LogP contribution in [0, 0.1) is 10.1 Å². The van der Waals surface area contributed by atoms with Crippen LogP contribution in [-0.2, 0) is 0 Å². The highest BCUT2D eigenvalue weighted by molar-refractivity contribution is 5.60. The van der Waals surface area contributed by atoms with Crippen LogP contribution in [0.4, 0.5) is 30.5 Å². The Labute approximate surface area is 104 Å². The zero-order valence-electron chi connectivity index (χ0n) is 9.31. The highest BCUT2D eigenvalue weighted by atomic mass is 19.4. The van der Waals surface area contributed by atoms with Crippen molar-refractivity contribution in [3.8, 4) is 0 Å². The Hall–Kier alpha value is -2.14. The summed E-state index contributed by atoms with van der Waals surface area (Å²) in [6.07, 6.45) is -7.49. The number of nitrogens with two attached hydrogens (primary N) is 1. The molecule has 11 heteroatoms. The fourth-order valence-corrected chi connectivity index (χ4v) is 1.12. The van der Waals surface area contributed by atoms with E-state index in [1.807, 2.05) is 0 Å². The smallest absolute Gasteiger partial charge is 0.382 e. The minimum Gasteiger partial charge on any atom is -0.382 e. The summed E-state index contributed by atoms with van der Waals surface area (Å²) in [5.41, 5.74) is 1.56. The fourth-order valence-electron chi connectivity index (χ4n) is 1.12. The summed E-state index contributed by atoms with van der Waals surface area (Å²) in [6, 6.07) is 2.20. The Morgan fingerprint density at radius 3 is 2.63 bits per heavy atom. The van der Waals surface area contributed by atoms with Crippen LogP contribution in [-0.4, -0.2) is 33.8 Å². The van der Waals surface area contributed by atoms with E-state index in [1.54, 1.807) is 0 Å². The molecule has 1 atom stereocenters. The first-order valence-corrected chi connectivity index (χ1v) is 4.86. The second-order valence-electron chi connectivity index (χ2n) is 3.40. The van der Waals surface area contributed by atoms with Crippen molar-refractivity contribution in [2.24, 2.45) is 5.84 Å². The van der Waals surface area contributed by atoms with Crippen molar-refractivity contribution in [2.45, 2.75) is 12.3 Å². The van der Waals surface area contributed by atoms with Gasteiger partial charge in [0, 0.05) is 6.07 Å². The van der Waals surface area contributed by atoms with Crippen molar-refractivity contribution >= 4 is 17.3 Å². The SMILES string of the molecule is NNc1ccc([N+](=O)[O-])c(NCC(O)C(F)(F)F)n1. The first kappa shape index (κ1) is 14.9. The van der Waals surface area contributed by atoms with E-state index in [0.717, 1.165) is 6.07 Å². The average Bonchev–Trinajstić information content (AvgIpc) is 2.33. The zero-order valence-corrected chi connectivity index (χ0v) is 9.31. The molecule has 0 aliphatic heterocycles. The molecule has 5 N–H and O–H groups in total. The number of hydrogen-bond acceptors (Lipinski definition) is 7. The number of nitrogens with zero attached hydrogens (tertiary/aromatic N) is 2. The molecule has 1 rings (SSSR count). The highest BCUT2D eigenvalue weighted by Gasteiger charge is 2.38. The summed E-state index contributed by atoms with van der Waals surface area (Å²) in [4.78, 5) is 13.4. The van der Waals surface area contributed by atoms with Crippen LogP contribution in [0.1, 0.15) is 0 Å². The molecule has 0 fully saturated rings. The van der Waals surface area contributed by atoms with Gasteiger partial charge in [-0.25, -0.2) is 10.8 Å². The van der Waals surface area contributed by atoms with E-state index in [1.165, 1.54) is 6.07 Å². The van der Waals surface area contributed by atoms with Crippen LogP contribution in [0.25, 0.3) is 0 Å². The molecule has 0 bridgehead atoms. The standard InChI is InChI=1S/C8H10F3N5O3/c9-8(10,11)5(17)3-13-7-4(16(18)19)1-2-6(14-7)15-12/h1-2,5,17H,3,12H2,(H2,13,14,15). The van der Waals surface area contributed by atoms with E-state index in [2.05, 4.69) is 15.7 Å². The molecular weight excluding hydrogens is 271 g/mol. The van der Waals surface area contributed by atoms with Gasteiger partial charge < -0.3 is 15.8 Å². The quantitative estimate of drug-likeness (QED) is 0.354. The first-order chi connectivity index (χ1) is 8.75. The van der Waals surface area contributed by atoms with E-state index < -0.39 is 35.3 Å². The Morgan fingerprint density at radius 1 is 1.53 bits per heavy atom. The van der Waals surface area contributed by atoms with Crippen LogP contribution in [0.2, 0.25) is 0 Å². The van der Waals surface area contributed by atoms with Gasteiger partial charge >= 0.3 is 11.9 Å². The Kier molecular flexibility index (Phi) is 4.45. The van der Waals surface area contributed by atoms with E-state index in [9.17, 15) is 23.3 Å². The molecule has 1 heterocycles. The summed E-state index contributed by atoms with van der Waals surface area (Å²) in [6.45, 7) is -0.967. The summed E-state index contributed by atoms with van der Waals surface area (Å²) >= 11 is 0. The van der Waals surface area contributed by atoms with E-state index in [4.69, 9.17) is 10.9 Å². The molecule has 19 heavy (non-hydrogen) atoms. The maximum atomic E-state index is 12.1. The highest BCUT2D eigenvalue weighted by Crippen LogP contribution is 2.25. The van der Waals surface area contributed by atoms with Crippen LogP contribution >= 0.6 is 0 Å². The van der Waals surface area contributed by atoms with E-state index in [0.29, 0.717) is 0 Å². The number of hydrogen-bond donors (Lipinski definition) is 4. The van der Waals surface area contributed by atoms with Gasteiger partial charge in [0.05, 0.1) is 11.5 Å². The fraction of sp³-hybridized carbons (Fsp3) is 0.375. The predicted octanol–water partition coefficient (Wildman–Crippen LogP) is 0.610. The maximum Gasteiger partial charge on any atom is 0.416 e. The van der Waals surface area contributed by atoms with Crippen LogP contribution < -0.4 is 16.6 Å². The van der Waals surface area contributed by atoms with Gasteiger partial charge in [0.15, 0.2) is 6.10 Å². The monoisotopic (exact) mass is 281 g/mol. The molecule has 0 aromatic carbocycles. The molecule has 0 spiro atoms. The third-order valence-corrected chi connectivity index (χ3v) is 2.06. The topological polar surface area (TPSA) is 126 Å². The molecule has 1 aromatic rings. The van der Waals surface area contributed by atoms with Crippen molar-refractivity contribution in [1.29, 1.82) is 0 Å². The number of hydrazine groups is 1. The molecule has 106 valence electrons. The van der Waals surface area contributed by atoms with E-state index >= 15 is 0 Å². The Morgan fingerprint density at radius 2 is 2.16 bits per heavy atom. The van der Waals surface area contributed by atoms with Gasteiger partial charge in [-0.15, -0.1) is 0 Å². The van der Waals surface area contributed by atoms with Gasteiger partial charge in [0.2, 0.25) is 5.82 Å². The lowest BCUT2D eigenvalue weighted by Crippen LogP contribution is -2.35. The van der Waals surface area contributed by atoms with Crippen LogP contribution in [0.5, 0.6) is 0 Å². The Bertz CT molecular complexity index is 467. The second kappa shape index (κ2) is 5.67. The van der Waals surface area contributed by atoms with Crippen molar-refractivity contribution in [2.75, 3.05) is 17.3 Å². The van der Waals surface area contributed by atoms with E-state index in [-0.39, 0.29) is 5.82 Å². The maximum absolute atomic E-state index is 12.1. The second-order valence-corrected chi connectivity index (χ2v) is 3.40. The largest absolute Gasteiger partial charge is 0.416 e. The number of anilines is 2. The summed E-state index contributed by atoms with van der Waals surface area (Å²) in [7, 11) is 0. The number of aromatic nitrogens is 1. The third kappa shape index (κ3) is 3.93. The van der Waals surface area contributed by atoms with Gasteiger partial charge in [0.25, 0.3) is 0 Å². The average molecular weight is 281 g/mol. The number of aliphatic hydroxyl groups excluding tert-OH is 1. The molecule has 1 aromatic heterocycles. The van der Waals surface area contributed by atoms with Crippen LogP contribution in [0.3, 0.4) is 0 Å². The summed E-state index contributed by atoms with van der Waals surface area (Å²) < 4.78 is 36.2. The lowest BCUT2D eigenvalue weighted by atomic mass is 10.3. The van der Waals surface area contributed by atoms with Crippen molar-refractivity contribution in [3.05, 3.63) is 22.2 Å². The summed E-state index contributed by atoms with van der Waals surface area (Å²) in [5.74, 6) is 4.63. The number of nitro groups is 1. The lowest BCUT2D eigenvalue weighted by molar-refractivity contribution is -0.384. The predicted molar refractivity (Wildman–Crippen MR) is 59.3 cm³/mol. The normalized spacial score (nSPS) is 12.9. The van der Waals surface area contributed by atoms with Gasteiger partial charge in [-0.1, -0.05) is 0 Å². The molecule has 0 aliphatic rings. The van der Waals surface area contributed by atoms with Crippen molar-refractivity contribution < 1.29 is 23.2 Å². The lowest BCUT2D eigenvalue weighted by Gasteiger charge is -2.15. The Balaban J connectivity index is 2.89. The van der Waals surface area contributed by atoms with Gasteiger partial charge in [-0.05, 0) is 6.07 Å². The zero-order chi connectivity index (χ0) is 14.6. The molecule has 0 amide bonds.